The monoisotopic (exact) mass is 361 g/mol. The van der Waals surface area contributed by atoms with Crippen molar-refractivity contribution in [3.8, 4) is 0 Å². The van der Waals surface area contributed by atoms with Crippen molar-refractivity contribution in [1.82, 2.24) is 4.90 Å². The Bertz CT molecular complexity index is 604. The van der Waals surface area contributed by atoms with Crippen LogP contribution in [0.4, 0.5) is 16.2 Å². The van der Waals surface area contributed by atoms with Gasteiger partial charge in [0.2, 0.25) is 0 Å². The van der Waals surface area contributed by atoms with Crippen LogP contribution in [0.25, 0.3) is 0 Å². The fourth-order valence-electron chi connectivity index (χ4n) is 2.44. The molecule has 1 saturated heterocycles. The predicted molar refractivity (Wildman–Crippen MR) is 88.4 cm³/mol. The molecular formula is C14H17Cl2N3O4. The first-order valence-corrected chi connectivity index (χ1v) is 7.99. The van der Waals surface area contributed by atoms with Gasteiger partial charge in [-0.05, 0) is 25.8 Å². The Morgan fingerprint density at radius 1 is 1.39 bits per heavy atom. The molecule has 7 nitrogen and oxygen atoms in total. The lowest BCUT2D eigenvalue weighted by atomic mass is 10.0. The second kappa shape index (κ2) is 7.70. The molecule has 0 saturated carbocycles. The molecule has 1 amide bonds. The molecule has 0 unspecified atom stereocenters. The third-order valence-corrected chi connectivity index (χ3v) is 4.34. The Kier molecular flexibility index (Phi) is 5.90. The molecule has 23 heavy (non-hydrogen) atoms. The highest BCUT2D eigenvalue weighted by molar-refractivity contribution is 6.42. The molecule has 0 aromatic heterocycles. The summed E-state index contributed by atoms with van der Waals surface area (Å²) in [6.07, 6.45) is 0.998. The Morgan fingerprint density at radius 2 is 2.00 bits per heavy atom. The van der Waals surface area contributed by atoms with Crippen LogP contribution in [0.15, 0.2) is 12.1 Å². The van der Waals surface area contributed by atoms with Gasteiger partial charge in [-0.1, -0.05) is 23.2 Å². The summed E-state index contributed by atoms with van der Waals surface area (Å²) in [4.78, 5) is 23.9. The van der Waals surface area contributed by atoms with Crippen LogP contribution < -0.4 is 5.32 Å². The van der Waals surface area contributed by atoms with Gasteiger partial charge in [0.1, 0.15) is 5.69 Å². The summed E-state index contributed by atoms with van der Waals surface area (Å²) in [5, 5.41) is 14.7. The maximum Gasteiger partial charge on any atom is 0.409 e. The van der Waals surface area contributed by atoms with Crippen molar-refractivity contribution in [2.24, 2.45) is 0 Å². The van der Waals surface area contributed by atoms with Gasteiger partial charge in [-0.15, -0.1) is 0 Å². The van der Waals surface area contributed by atoms with Crippen LogP contribution in [0.5, 0.6) is 0 Å². The molecule has 1 aliphatic rings. The second-order valence-electron chi connectivity index (χ2n) is 5.15. The summed E-state index contributed by atoms with van der Waals surface area (Å²) >= 11 is 11.8. The van der Waals surface area contributed by atoms with E-state index in [0.717, 1.165) is 0 Å². The molecule has 1 aliphatic heterocycles. The van der Waals surface area contributed by atoms with Gasteiger partial charge < -0.3 is 15.0 Å². The summed E-state index contributed by atoms with van der Waals surface area (Å²) in [5.74, 6) is 0. The van der Waals surface area contributed by atoms with E-state index in [0.29, 0.717) is 38.2 Å². The van der Waals surface area contributed by atoms with Gasteiger partial charge in [-0.3, -0.25) is 10.1 Å². The number of ether oxygens (including phenoxy) is 1. The second-order valence-corrected chi connectivity index (χ2v) is 5.96. The zero-order valence-corrected chi connectivity index (χ0v) is 14.1. The lowest BCUT2D eigenvalue weighted by Crippen LogP contribution is -2.42. The van der Waals surface area contributed by atoms with Crippen molar-refractivity contribution in [1.29, 1.82) is 0 Å². The van der Waals surface area contributed by atoms with Gasteiger partial charge in [0.25, 0.3) is 5.69 Å². The number of piperidine rings is 1. The predicted octanol–water partition coefficient (Wildman–Crippen LogP) is 3.93. The number of benzene rings is 1. The molecule has 0 bridgehead atoms. The first-order chi connectivity index (χ1) is 10.9. The Labute approximate surface area is 143 Å². The molecule has 126 valence electrons. The highest BCUT2D eigenvalue weighted by Gasteiger charge is 2.26. The maximum atomic E-state index is 11.7. The lowest BCUT2D eigenvalue weighted by Gasteiger charge is -2.32. The van der Waals surface area contributed by atoms with E-state index in [4.69, 9.17) is 27.9 Å². The average molecular weight is 362 g/mol. The van der Waals surface area contributed by atoms with Gasteiger partial charge >= 0.3 is 6.09 Å². The SMILES string of the molecule is CCOC(=O)N1CCC(Nc2cc(Cl)c(Cl)cc2[N+](=O)[O-])CC1. The van der Waals surface area contributed by atoms with E-state index in [1.54, 1.807) is 11.8 Å². The Balaban J connectivity index is 2.03. The minimum Gasteiger partial charge on any atom is -0.450 e. The largest absolute Gasteiger partial charge is 0.450 e. The third kappa shape index (κ3) is 4.39. The molecule has 1 N–H and O–H groups in total. The molecular weight excluding hydrogens is 345 g/mol. The average Bonchev–Trinajstić information content (AvgIpc) is 2.51. The summed E-state index contributed by atoms with van der Waals surface area (Å²) in [6, 6.07) is 2.70. The summed E-state index contributed by atoms with van der Waals surface area (Å²) in [7, 11) is 0. The van der Waals surface area contributed by atoms with Crippen LogP contribution in [0.3, 0.4) is 0 Å². The summed E-state index contributed by atoms with van der Waals surface area (Å²) in [6.45, 7) is 3.17. The molecule has 0 aliphatic carbocycles. The number of hydrogen-bond donors (Lipinski definition) is 1. The van der Waals surface area contributed by atoms with Crippen LogP contribution in [-0.2, 0) is 4.74 Å². The fourth-order valence-corrected chi connectivity index (χ4v) is 2.77. The van der Waals surface area contributed by atoms with E-state index in [2.05, 4.69) is 5.32 Å². The molecule has 0 spiro atoms. The zero-order chi connectivity index (χ0) is 17.0. The van der Waals surface area contributed by atoms with Gasteiger partial charge in [-0.25, -0.2) is 4.79 Å². The molecule has 0 radical (unpaired) electrons. The number of nitro groups is 1. The molecule has 1 heterocycles. The molecule has 1 aromatic carbocycles. The number of hydrogen-bond acceptors (Lipinski definition) is 5. The number of amides is 1. The van der Waals surface area contributed by atoms with Crippen LogP contribution in [0, 0.1) is 10.1 Å². The Hall–Kier alpha value is -1.73. The van der Waals surface area contributed by atoms with Crippen molar-refractivity contribution in [2.75, 3.05) is 25.0 Å². The van der Waals surface area contributed by atoms with Crippen molar-refractivity contribution in [2.45, 2.75) is 25.8 Å². The van der Waals surface area contributed by atoms with Crippen LogP contribution in [0.1, 0.15) is 19.8 Å². The minimum atomic E-state index is -0.502. The third-order valence-electron chi connectivity index (χ3n) is 3.62. The van der Waals surface area contributed by atoms with Gasteiger partial charge in [0, 0.05) is 25.2 Å². The number of nitro benzene ring substituents is 1. The van der Waals surface area contributed by atoms with Crippen LogP contribution >= 0.6 is 23.2 Å². The highest BCUT2D eigenvalue weighted by atomic mass is 35.5. The standard InChI is InChI=1S/C14H17Cl2N3O4/c1-2-23-14(20)18-5-3-9(4-6-18)17-12-7-10(15)11(16)8-13(12)19(21)22/h7-9,17H,2-6H2,1H3. The molecule has 1 fully saturated rings. The molecule has 9 heteroatoms. The minimum absolute atomic E-state index is 0.0108. The van der Waals surface area contributed by atoms with Gasteiger partial charge in [-0.2, -0.15) is 0 Å². The van der Waals surface area contributed by atoms with Crippen molar-refractivity contribution in [3.05, 3.63) is 32.3 Å². The Morgan fingerprint density at radius 3 is 2.57 bits per heavy atom. The fraction of sp³-hybridized carbons (Fsp3) is 0.500. The van der Waals surface area contributed by atoms with E-state index < -0.39 is 4.92 Å². The quantitative estimate of drug-likeness (QED) is 0.648. The van der Waals surface area contributed by atoms with E-state index in [1.807, 2.05) is 0 Å². The maximum absolute atomic E-state index is 11.7. The summed E-state index contributed by atoms with van der Waals surface area (Å²) < 4.78 is 4.96. The number of anilines is 1. The number of nitrogens with zero attached hydrogens (tertiary/aromatic N) is 2. The van der Waals surface area contributed by atoms with Crippen molar-refractivity contribution in [3.63, 3.8) is 0 Å². The smallest absolute Gasteiger partial charge is 0.409 e. The molecule has 2 rings (SSSR count). The number of carbonyl (C=O) groups excluding carboxylic acids is 1. The van der Waals surface area contributed by atoms with E-state index >= 15 is 0 Å². The number of rotatable bonds is 4. The first kappa shape index (κ1) is 17.6. The van der Waals surface area contributed by atoms with Gasteiger partial charge in [0.15, 0.2) is 0 Å². The molecule has 1 aromatic rings. The van der Waals surface area contributed by atoms with E-state index in [1.165, 1.54) is 12.1 Å². The first-order valence-electron chi connectivity index (χ1n) is 7.24. The van der Waals surface area contributed by atoms with Gasteiger partial charge in [0.05, 0.1) is 21.6 Å². The molecule has 0 atom stereocenters. The van der Waals surface area contributed by atoms with Crippen LogP contribution in [0.2, 0.25) is 10.0 Å². The van der Waals surface area contributed by atoms with Crippen LogP contribution in [-0.4, -0.2) is 41.7 Å². The number of nitrogens with one attached hydrogen (secondary N) is 1. The zero-order valence-electron chi connectivity index (χ0n) is 12.6. The number of carbonyl (C=O) groups is 1. The normalized spacial score (nSPS) is 15.3. The van der Waals surface area contributed by atoms with E-state index in [-0.39, 0.29) is 27.9 Å². The van der Waals surface area contributed by atoms with Crippen molar-refractivity contribution < 1.29 is 14.5 Å². The lowest BCUT2D eigenvalue weighted by molar-refractivity contribution is -0.384. The number of halogens is 2. The number of likely N-dealkylation sites (tertiary alicyclic amines) is 1. The topological polar surface area (TPSA) is 84.7 Å². The summed E-state index contributed by atoms with van der Waals surface area (Å²) in [5.41, 5.74) is 0.214. The van der Waals surface area contributed by atoms with Crippen molar-refractivity contribution >= 4 is 40.7 Å². The highest BCUT2D eigenvalue weighted by Crippen LogP contribution is 2.35. The van der Waals surface area contributed by atoms with E-state index in [9.17, 15) is 14.9 Å².